The van der Waals surface area contributed by atoms with E-state index in [4.69, 9.17) is 18.4 Å². The van der Waals surface area contributed by atoms with Gasteiger partial charge in [-0.15, -0.1) is 15.3 Å². The highest BCUT2D eigenvalue weighted by atomic mass is 79.9. The quantitative estimate of drug-likeness (QED) is 0.146. The molecule has 0 aliphatic rings. The molecule has 0 radical (unpaired) electrons. The Bertz CT molecular complexity index is 4460. The van der Waals surface area contributed by atoms with E-state index < -0.39 is 42.4 Å². The Balaban J connectivity index is 0.000000143. The van der Waals surface area contributed by atoms with Gasteiger partial charge in [0, 0.05) is 34.6 Å². The van der Waals surface area contributed by atoms with E-state index in [2.05, 4.69) is 98.1 Å². The number of rotatable bonds is 14. The van der Waals surface area contributed by atoms with Gasteiger partial charge in [-0.1, -0.05) is 84.2 Å². The number of aromatic nitrogens is 18. The maximum Gasteiger partial charge on any atom is 0.437 e. The molecule has 0 spiro atoms. The number of aliphatic hydroxyl groups is 1. The molecular formula is C51H44Br3F3N18O10. The number of aliphatic hydroxyl groups excluding tert-OH is 1. The first-order chi connectivity index (χ1) is 40.7. The van der Waals surface area contributed by atoms with Crippen LogP contribution in [0.3, 0.4) is 0 Å². The molecule has 440 valence electrons. The number of nitrogens with one attached hydrogen (secondary N) is 1. The summed E-state index contributed by atoms with van der Waals surface area (Å²) in [5, 5.41) is 22.2. The molecule has 0 aliphatic heterocycles. The Hall–Kier alpha value is -9.28. The molecule has 0 fully saturated rings. The molecule has 3 atom stereocenters. The monoisotopic (exact) mass is 1360 g/mol. The number of hydrogen-bond acceptors (Lipinski definition) is 19. The van der Waals surface area contributed by atoms with Crippen molar-refractivity contribution in [3.05, 3.63) is 221 Å². The third-order valence-electron chi connectivity index (χ3n) is 12.3. The van der Waals surface area contributed by atoms with Gasteiger partial charge in [0.25, 0.3) is 16.7 Å². The first-order valence-corrected chi connectivity index (χ1v) is 27.2. The molecule has 1 unspecified atom stereocenters. The molecule has 0 saturated heterocycles. The lowest BCUT2D eigenvalue weighted by Gasteiger charge is -2.07. The Kier molecular flexibility index (Phi) is 18.8. The van der Waals surface area contributed by atoms with Crippen LogP contribution >= 0.6 is 47.8 Å². The van der Waals surface area contributed by atoms with E-state index in [0.29, 0.717) is 50.2 Å². The minimum atomic E-state index is -1.43. The fourth-order valence-corrected chi connectivity index (χ4v) is 8.80. The second-order valence-electron chi connectivity index (χ2n) is 18.3. The number of hydrogen-bond donors (Lipinski definition) is 2. The molecule has 34 heteroatoms. The summed E-state index contributed by atoms with van der Waals surface area (Å²) in [6.07, 6.45) is 4.31. The highest BCUT2D eigenvalue weighted by molar-refractivity contribution is 9.11. The zero-order chi connectivity index (χ0) is 60.6. The highest BCUT2D eigenvalue weighted by Crippen LogP contribution is 2.23. The molecule has 9 heterocycles. The maximum atomic E-state index is 14.5. The van der Waals surface area contributed by atoms with Crippen LogP contribution in [0.4, 0.5) is 13.2 Å². The Labute approximate surface area is 497 Å². The van der Waals surface area contributed by atoms with Gasteiger partial charge in [0.1, 0.15) is 57.1 Å². The SMILES string of the molecule is Cn1cnc2ncn(Cc3n[nH]c(=O)o3)c(=O)c21.Cn1cnc2ncn(Cc3nn(C[C@@H](F)c4ccc(Br)cc4)c(=O)o3)c(=O)c21.Cn1cnc2ncn(Cc3nn(C[C@H](F)c4ccc(Br)cc4)c(=O)o3)c(=O)c21.OCC(F)c1ccc(Br)cc1. The molecule has 0 bridgehead atoms. The van der Waals surface area contributed by atoms with Gasteiger partial charge in [0.15, 0.2) is 33.5 Å². The van der Waals surface area contributed by atoms with Gasteiger partial charge in [-0.25, -0.2) is 62.6 Å². The van der Waals surface area contributed by atoms with Gasteiger partial charge < -0.3 is 32.1 Å². The van der Waals surface area contributed by atoms with Crippen LogP contribution in [-0.4, -0.2) is 98.8 Å². The molecule has 0 amide bonds. The number of nitrogens with zero attached hydrogens (tertiary/aromatic N) is 17. The average molecular weight is 1370 g/mol. The van der Waals surface area contributed by atoms with Crippen molar-refractivity contribution in [1.29, 1.82) is 0 Å². The fraction of sp³-hybridized carbons (Fsp3) is 0.235. The second-order valence-corrected chi connectivity index (χ2v) is 21.0. The zero-order valence-electron chi connectivity index (χ0n) is 44.4. The van der Waals surface area contributed by atoms with Crippen molar-refractivity contribution in [2.24, 2.45) is 21.1 Å². The number of halogens is 6. The second kappa shape index (κ2) is 26.5. The lowest BCUT2D eigenvalue weighted by atomic mass is 10.1. The van der Waals surface area contributed by atoms with Crippen molar-refractivity contribution in [1.82, 2.24) is 87.1 Å². The normalized spacial score (nSPS) is 12.3. The molecular weight excluding hydrogens is 1320 g/mol. The van der Waals surface area contributed by atoms with E-state index in [0.717, 1.165) is 22.8 Å². The van der Waals surface area contributed by atoms with Gasteiger partial charge in [0.05, 0.1) is 38.7 Å². The van der Waals surface area contributed by atoms with Crippen LogP contribution in [0.5, 0.6) is 0 Å². The van der Waals surface area contributed by atoms with E-state index in [1.165, 1.54) is 51.7 Å². The maximum absolute atomic E-state index is 14.5. The number of benzene rings is 3. The molecule has 2 N–H and O–H groups in total. The standard InChI is InChI=1S/2C17H14BrFN6O3.C9H8N6O3.C8H8BrFO/c2*1-23-8-20-15-14(23)16(26)24(9-21-15)7-13-22-25(17(27)28-13)6-12(19)10-2-4-11(18)5-3-10;1-14-3-10-7-6(14)8(16)15(4-11-7)2-5-12-13-9(17)18-5;9-7-3-1-6(2-4-7)8(10)5-11/h2*2-5,8-9,12H,6-7H2,1H3;3-4H,2H2,1H3,(H,13,17);1-4,8,11H,5H2/t2*12-;;/m10../s1. The van der Waals surface area contributed by atoms with Crippen LogP contribution in [0.25, 0.3) is 33.5 Å². The van der Waals surface area contributed by atoms with E-state index in [-0.39, 0.29) is 67.1 Å². The van der Waals surface area contributed by atoms with Gasteiger partial charge in [-0.2, -0.15) is 9.36 Å². The molecule has 85 heavy (non-hydrogen) atoms. The summed E-state index contributed by atoms with van der Waals surface area (Å²) in [6.45, 7) is -1.22. The first kappa shape index (κ1) is 60.3. The number of aryl methyl sites for hydroxylation is 3. The number of H-pyrrole nitrogens is 1. The van der Waals surface area contributed by atoms with E-state index >= 15 is 0 Å². The van der Waals surface area contributed by atoms with Crippen molar-refractivity contribution < 1.29 is 31.5 Å². The summed E-state index contributed by atoms with van der Waals surface area (Å²) >= 11 is 9.81. The van der Waals surface area contributed by atoms with Gasteiger partial charge in [0.2, 0.25) is 17.7 Å². The molecule has 3 aromatic carbocycles. The number of fused-ring (bicyclic) bond motifs is 3. The molecule has 28 nitrogen and oxygen atoms in total. The summed E-state index contributed by atoms with van der Waals surface area (Å²) < 4.78 is 69.4. The predicted octanol–water partition coefficient (Wildman–Crippen LogP) is 4.91. The van der Waals surface area contributed by atoms with E-state index in [9.17, 15) is 41.9 Å². The lowest BCUT2D eigenvalue weighted by molar-refractivity contribution is 0.180. The Morgan fingerprint density at radius 1 is 0.471 bits per heavy atom. The summed E-state index contributed by atoms with van der Waals surface area (Å²) in [7, 11) is 5.07. The lowest BCUT2D eigenvalue weighted by Crippen LogP contribution is -2.23. The van der Waals surface area contributed by atoms with Crippen LogP contribution in [0, 0.1) is 0 Å². The number of alkyl halides is 3. The minimum absolute atomic E-state index is 0.0153. The third-order valence-corrected chi connectivity index (χ3v) is 13.9. The highest BCUT2D eigenvalue weighted by Gasteiger charge is 2.20. The third kappa shape index (κ3) is 14.4. The van der Waals surface area contributed by atoms with Crippen molar-refractivity contribution >= 4 is 81.3 Å². The van der Waals surface area contributed by atoms with Crippen LogP contribution in [0.15, 0.2) is 166 Å². The van der Waals surface area contributed by atoms with Crippen molar-refractivity contribution in [3.8, 4) is 0 Å². The summed E-state index contributed by atoms with van der Waals surface area (Å²) in [5.41, 5.74) is 2.44. The van der Waals surface area contributed by atoms with Gasteiger partial charge in [-0.3, -0.25) is 28.1 Å². The van der Waals surface area contributed by atoms with E-state index in [1.54, 1.807) is 108 Å². The minimum Gasteiger partial charge on any atom is -0.393 e. The topological polar surface area (TPSA) is 333 Å². The number of imidazole rings is 3. The predicted molar refractivity (Wildman–Crippen MR) is 305 cm³/mol. The first-order valence-electron chi connectivity index (χ1n) is 24.8. The van der Waals surface area contributed by atoms with Crippen LogP contribution in [0.1, 0.15) is 52.9 Å². The average Bonchev–Trinajstić information content (AvgIpc) is 4.58. The molecule has 12 aromatic rings. The summed E-state index contributed by atoms with van der Waals surface area (Å²) in [4.78, 5) is 96.2. The largest absolute Gasteiger partial charge is 0.437 e. The Morgan fingerprint density at radius 3 is 1.11 bits per heavy atom. The summed E-state index contributed by atoms with van der Waals surface area (Å²) in [5.74, 6) is -2.16. The van der Waals surface area contributed by atoms with E-state index in [1.807, 2.05) is 0 Å². The zero-order valence-corrected chi connectivity index (χ0v) is 49.1. The van der Waals surface area contributed by atoms with Crippen molar-refractivity contribution in [2.75, 3.05) is 6.61 Å². The number of aromatic amines is 1. The Morgan fingerprint density at radius 2 is 0.788 bits per heavy atom. The van der Waals surface area contributed by atoms with Crippen LogP contribution in [0.2, 0.25) is 0 Å². The fourth-order valence-electron chi connectivity index (χ4n) is 8.01. The van der Waals surface area contributed by atoms with Crippen molar-refractivity contribution in [2.45, 2.75) is 51.2 Å². The molecule has 0 aliphatic carbocycles. The van der Waals surface area contributed by atoms with Crippen LogP contribution in [-0.2, 0) is 53.9 Å². The smallest absolute Gasteiger partial charge is 0.393 e. The van der Waals surface area contributed by atoms with Gasteiger partial charge >= 0.3 is 17.3 Å². The molecule has 12 rings (SSSR count). The summed E-state index contributed by atoms with van der Waals surface area (Å²) in [6, 6.07) is 20.1. The van der Waals surface area contributed by atoms with Crippen molar-refractivity contribution in [3.63, 3.8) is 0 Å². The van der Waals surface area contributed by atoms with Crippen LogP contribution < -0.4 is 33.9 Å². The molecule has 0 saturated carbocycles. The molecule has 9 aromatic heterocycles. The van der Waals surface area contributed by atoms with Gasteiger partial charge in [-0.05, 0) is 53.1 Å².